The molecule has 4 nitrogen and oxygen atoms in total. The maximum absolute atomic E-state index is 12.2. The van der Waals surface area contributed by atoms with Crippen LogP contribution in [0.25, 0.3) is 0 Å². The van der Waals surface area contributed by atoms with Crippen molar-refractivity contribution in [2.24, 2.45) is 5.92 Å². The van der Waals surface area contributed by atoms with Gasteiger partial charge in [-0.25, -0.2) is 0 Å². The Hall–Kier alpha value is -0.260. The summed E-state index contributed by atoms with van der Waals surface area (Å²) in [7, 11) is 1.49. The Morgan fingerprint density at radius 2 is 2.29 bits per heavy atom. The molecule has 1 rings (SSSR count). The van der Waals surface area contributed by atoms with Gasteiger partial charge in [-0.05, 0) is 12.8 Å². The monoisotopic (exact) mass is 261 g/mol. The molecular formula is C12H23NO3S. The van der Waals surface area contributed by atoms with Crippen LogP contribution in [0.1, 0.15) is 20.8 Å². The van der Waals surface area contributed by atoms with Crippen LogP contribution in [0.15, 0.2) is 0 Å². The van der Waals surface area contributed by atoms with E-state index in [2.05, 4.69) is 13.8 Å². The first-order valence-corrected chi connectivity index (χ1v) is 7.05. The van der Waals surface area contributed by atoms with E-state index >= 15 is 0 Å². The minimum Gasteiger partial charge on any atom is -0.381 e. The van der Waals surface area contributed by atoms with Crippen molar-refractivity contribution >= 4 is 17.7 Å². The number of hydrogen-bond acceptors (Lipinski definition) is 4. The Morgan fingerprint density at radius 3 is 2.82 bits per heavy atom. The Kier molecular flexibility index (Phi) is 5.28. The normalized spacial score (nSPS) is 24.8. The number of hydrogen-bond donors (Lipinski definition) is 1. The number of carbonyl (C=O) groups excluding carboxylic acids is 1. The topological polar surface area (TPSA) is 49.8 Å². The molecule has 1 aliphatic rings. The Bertz CT molecular complexity index is 268. The van der Waals surface area contributed by atoms with Crippen LogP contribution in [0.3, 0.4) is 0 Å². The van der Waals surface area contributed by atoms with Gasteiger partial charge < -0.3 is 14.7 Å². The number of thioether (sulfide) groups is 1. The summed E-state index contributed by atoms with van der Waals surface area (Å²) in [6.45, 7) is 7.33. The number of methoxy groups -OCH3 is 1. The maximum Gasteiger partial charge on any atom is 0.256 e. The summed E-state index contributed by atoms with van der Waals surface area (Å²) in [6.07, 6.45) is 0. The second-order valence-electron chi connectivity index (χ2n) is 5.11. The van der Waals surface area contributed by atoms with Gasteiger partial charge in [0.25, 0.3) is 5.91 Å². The average Bonchev–Trinajstić information content (AvgIpc) is 2.28. The number of ether oxygens (including phenoxy) is 1. The van der Waals surface area contributed by atoms with Crippen LogP contribution >= 0.6 is 11.8 Å². The fourth-order valence-electron chi connectivity index (χ4n) is 1.95. The first-order valence-electron chi connectivity index (χ1n) is 6.00. The summed E-state index contributed by atoms with van der Waals surface area (Å²) in [6, 6.07) is 0. The van der Waals surface area contributed by atoms with E-state index in [9.17, 15) is 9.90 Å². The predicted octanol–water partition coefficient (Wildman–Crippen LogP) is 0.984. The largest absolute Gasteiger partial charge is 0.381 e. The summed E-state index contributed by atoms with van der Waals surface area (Å²) in [5.41, 5.74) is -1.40. The first-order chi connectivity index (χ1) is 7.88. The highest BCUT2D eigenvalue weighted by Gasteiger charge is 2.37. The molecule has 100 valence electrons. The van der Waals surface area contributed by atoms with Gasteiger partial charge in [0.05, 0.1) is 6.61 Å². The third-order valence-electron chi connectivity index (χ3n) is 3.01. The molecule has 1 aliphatic heterocycles. The van der Waals surface area contributed by atoms with E-state index in [1.807, 2.05) is 11.8 Å². The van der Waals surface area contributed by atoms with E-state index in [0.29, 0.717) is 17.7 Å². The highest BCUT2D eigenvalue weighted by molar-refractivity contribution is 8.00. The molecule has 1 amide bonds. The van der Waals surface area contributed by atoms with Crippen molar-refractivity contribution < 1.29 is 14.6 Å². The Labute approximate surface area is 108 Å². The molecule has 0 unspecified atom stereocenters. The molecule has 0 bridgehead atoms. The van der Waals surface area contributed by atoms with Crippen LogP contribution in [0.4, 0.5) is 0 Å². The molecular weight excluding hydrogens is 238 g/mol. The lowest BCUT2D eigenvalue weighted by atomic mass is 10.0. The van der Waals surface area contributed by atoms with Crippen LogP contribution < -0.4 is 0 Å². The summed E-state index contributed by atoms with van der Waals surface area (Å²) in [4.78, 5) is 13.9. The van der Waals surface area contributed by atoms with Gasteiger partial charge in [0, 0.05) is 31.2 Å². The van der Waals surface area contributed by atoms with Gasteiger partial charge in [-0.3, -0.25) is 4.79 Å². The molecule has 0 spiro atoms. The van der Waals surface area contributed by atoms with Gasteiger partial charge >= 0.3 is 0 Å². The minimum atomic E-state index is -1.40. The molecule has 1 saturated heterocycles. The molecule has 1 fully saturated rings. The zero-order valence-electron chi connectivity index (χ0n) is 11.1. The Balaban J connectivity index is 2.63. The zero-order chi connectivity index (χ0) is 13.1. The SMILES string of the molecule is COC[C@](C)(O)C(=O)N1CCS[C@@H](C(C)C)C1. The molecule has 1 N–H and O–H groups in total. The van der Waals surface area contributed by atoms with E-state index in [4.69, 9.17) is 4.74 Å². The summed E-state index contributed by atoms with van der Waals surface area (Å²) < 4.78 is 4.89. The van der Waals surface area contributed by atoms with Gasteiger partial charge in [0.1, 0.15) is 0 Å². The second kappa shape index (κ2) is 6.07. The van der Waals surface area contributed by atoms with Crippen LogP contribution in [0.2, 0.25) is 0 Å². The molecule has 0 saturated carbocycles. The van der Waals surface area contributed by atoms with E-state index < -0.39 is 5.60 Å². The average molecular weight is 261 g/mol. The van der Waals surface area contributed by atoms with Crippen molar-refractivity contribution in [2.75, 3.05) is 32.6 Å². The molecule has 0 aromatic heterocycles. The molecule has 0 radical (unpaired) electrons. The van der Waals surface area contributed by atoms with E-state index in [0.717, 1.165) is 12.3 Å². The molecule has 0 aliphatic carbocycles. The number of amides is 1. The third kappa shape index (κ3) is 3.86. The van der Waals surface area contributed by atoms with Gasteiger partial charge in [0.15, 0.2) is 5.60 Å². The quantitative estimate of drug-likeness (QED) is 0.820. The van der Waals surface area contributed by atoms with Crippen LogP contribution in [0.5, 0.6) is 0 Å². The predicted molar refractivity (Wildman–Crippen MR) is 70.2 cm³/mol. The summed E-state index contributed by atoms with van der Waals surface area (Å²) >= 11 is 1.91. The summed E-state index contributed by atoms with van der Waals surface area (Å²) in [5.74, 6) is 1.27. The van der Waals surface area contributed by atoms with Gasteiger partial charge in [0.2, 0.25) is 0 Å². The molecule has 0 aromatic rings. The van der Waals surface area contributed by atoms with Crippen molar-refractivity contribution in [3.05, 3.63) is 0 Å². The number of nitrogens with zero attached hydrogens (tertiary/aromatic N) is 1. The molecule has 0 aromatic carbocycles. The van der Waals surface area contributed by atoms with E-state index in [1.54, 1.807) is 4.90 Å². The number of aliphatic hydroxyl groups is 1. The standard InChI is InChI=1S/C12H23NO3S/c1-9(2)10-7-13(5-6-17-10)11(14)12(3,15)8-16-4/h9-10,15H,5-8H2,1-4H3/t10-,12+/m1/s1. The van der Waals surface area contributed by atoms with Crippen LogP contribution in [-0.4, -0.2) is 59.3 Å². The Morgan fingerprint density at radius 1 is 1.65 bits per heavy atom. The first kappa shape index (κ1) is 14.8. The van der Waals surface area contributed by atoms with Crippen molar-refractivity contribution in [1.82, 2.24) is 4.90 Å². The molecule has 2 atom stereocenters. The highest BCUT2D eigenvalue weighted by atomic mass is 32.2. The zero-order valence-corrected chi connectivity index (χ0v) is 11.9. The fourth-order valence-corrected chi connectivity index (χ4v) is 3.25. The van der Waals surface area contributed by atoms with E-state index in [-0.39, 0.29) is 12.5 Å². The lowest BCUT2D eigenvalue weighted by molar-refractivity contribution is -0.154. The number of rotatable bonds is 4. The summed E-state index contributed by atoms with van der Waals surface area (Å²) in [5, 5.41) is 10.5. The number of carbonyl (C=O) groups is 1. The lowest BCUT2D eigenvalue weighted by Gasteiger charge is -2.37. The van der Waals surface area contributed by atoms with Crippen molar-refractivity contribution in [2.45, 2.75) is 31.6 Å². The molecule has 5 heteroatoms. The fraction of sp³-hybridized carbons (Fsp3) is 0.917. The highest BCUT2D eigenvalue weighted by Crippen LogP contribution is 2.26. The smallest absolute Gasteiger partial charge is 0.256 e. The molecule has 17 heavy (non-hydrogen) atoms. The third-order valence-corrected chi connectivity index (χ3v) is 4.55. The van der Waals surface area contributed by atoms with Crippen molar-refractivity contribution in [3.63, 3.8) is 0 Å². The second-order valence-corrected chi connectivity index (χ2v) is 6.46. The van der Waals surface area contributed by atoms with Gasteiger partial charge in [-0.15, -0.1) is 0 Å². The van der Waals surface area contributed by atoms with Crippen LogP contribution in [-0.2, 0) is 9.53 Å². The van der Waals surface area contributed by atoms with Gasteiger partial charge in [-0.2, -0.15) is 11.8 Å². The van der Waals surface area contributed by atoms with E-state index in [1.165, 1.54) is 14.0 Å². The maximum atomic E-state index is 12.2. The molecule has 1 heterocycles. The van der Waals surface area contributed by atoms with Gasteiger partial charge in [-0.1, -0.05) is 13.8 Å². The van der Waals surface area contributed by atoms with Crippen LogP contribution in [0, 0.1) is 5.92 Å². The van der Waals surface area contributed by atoms with Crippen molar-refractivity contribution in [3.8, 4) is 0 Å². The van der Waals surface area contributed by atoms with Crippen molar-refractivity contribution in [1.29, 1.82) is 0 Å². The lowest BCUT2D eigenvalue weighted by Crippen LogP contribution is -2.54. The minimum absolute atomic E-state index is 0.0435.